The number of hydrogen-bond acceptors (Lipinski definition) is 1. The summed E-state index contributed by atoms with van der Waals surface area (Å²) < 4.78 is 0. The van der Waals surface area contributed by atoms with Crippen molar-refractivity contribution in [2.45, 2.75) is 47.5 Å². The van der Waals surface area contributed by atoms with Crippen molar-refractivity contribution in [3.05, 3.63) is 0 Å². The molecule has 18 heavy (non-hydrogen) atoms. The lowest BCUT2D eigenvalue weighted by Crippen LogP contribution is -3.05. The topological polar surface area (TPSA) is 24.8 Å². The Labute approximate surface area is 114 Å². The first-order chi connectivity index (χ1) is 7.96. The van der Waals surface area contributed by atoms with E-state index in [-0.39, 0.29) is 16.7 Å². The first-order valence-corrected chi connectivity index (χ1v) is 7.00. The number of carbonyl (C=O) groups is 1. The van der Waals surface area contributed by atoms with Crippen LogP contribution < -0.4 is 4.90 Å². The van der Waals surface area contributed by atoms with Gasteiger partial charge >= 0.3 is 0 Å². The van der Waals surface area contributed by atoms with Crippen molar-refractivity contribution in [3.8, 4) is 0 Å². The van der Waals surface area contributed by atoms with Gasteiger partial charge in [0.15, 0.2) is 0 Å². The second-order valence-corrected chi connectivity index (χ2v) is 7.66. The lowest BCUT2D eigenvalue weighted by atomic mass is 9.75. The summed E-state index contributed by atoms with van der Waals surface area (Å²) in [5, 5.41) is 0. The zero-order valence-corrected chi connectivity index (χ0v) is 13.7. The van der Waals surface area contributed by atoms with Gasteiger partial charge in [-0.25, -0.2) is 0 Å². The van der Waals surface area contributed by atoms with Crippen LogP contribution in [0.3, 0.4) is 0 Å². The third kappa shape index (κ3) is 7.00. The average molecular weight is 257 g/mol. The largest absolute Gasteiger partial charge is 0.345 e. The lowest BCUT2D eigenvalue weighted by Gasteiger charge is -2.34. The summed E-state index contributed by atoms with van der Waals surface area (Å²) >= 11 is 0. The van der Waals surface area contributed by atoms with Crippen LogP contribution >= 0.6 is 0 Å². The van der Waals surface area contributed by atoms with E-state index in [0.717, 1.165) is 25.9 Å². The van der Waals surface area contributed by atoms with Gasteiger partial charge in [-0.15, -0.1) is 0 Å². The Morgan fingerprint density at radius 3 is 2.00 bits per heavy atom. The fraction of sp³-hybridized carbons (Fsp3) is 0.933. The molecule has 0 atom stereocenters. The molecular formula is C15H33N2O+. The summed E-state index contributed by atoms with van der Waals surface area (Å²) in [5.74, 6) is 0.270. The molecule has 0 aliphatic carbocycles. The predicted molar refractivity (Wildman–Crippen MR) is 77.8 cm³/mol. The van der Waals surface area contributed by atoms with E-state index in [2.05, 4.69) is 48.7 Å². The molecule has 0 aliphatic heterocycles. The molecule has 1 amide bonds. The molecule has 0 aromatic carbocycles. The second kappa shape index (κ2) is 6.55. The van der Waals surface area contributed by atoms with E-state index < -0.39 is 0 Å². The van der Waals surface area contributed by atoms with Crippen LogP contribution in [0.4, 0.5) is 0 Å². The van der Waals surface area contributed by atoms with Gasteiger partial charge in [-0.2, -0.15) is 0 Å². The van der Waals surface area contributed by atoms with Crippen LogP contribution in [0, 0.1) is 10.8 Å². The Kier molecular flexibility index (Phi) is 6.35. The van der Waals surface area contributed by atoms with Gasteiger partial charge in [0, 0.05) is 25.4 Å². The second-order valence-electron chi connectivity index (χ2n) is 7.66. The highest BCUT2D eigenvalue weighted by atomic mass is 16.2. The van der Waals surface area contributed by atoms with Gasteiger partial charge in [-0.1, -0.05) is 34.6 Å². The van der Waals surface area contributed by atoms with Gasteiger partial charge in [0.25, 0.3) is 0 Å². The van der Waals surface area contributed by atoms with E-state index in [1.807, 2.05) is 11.9 Å². The minimum atomic E-state index is -0.266. The molecule has 0 radical (unpaired) electrons. The summed E-state index contributed by atoms with van der Waals surface area (Å²) in [5.41, 5.74) is -0.0776. The summed E-state index contributed by atoms with van der Waals surface area (Å²) in [4.78, 5) is 15.8. The third-order valence-corrected chi connectivity index (χ3v) is 3.07. The Morgan fingerprint density at radius 2 is 1.61 bits per heavy atom. The van der Waals surface area contributed by atoms with Gasteiger partial charge in [-0.3, -0.25) is 4.79 Å². The highest BCUT2D eigenvalue weighted by Gasteiger charge is 2.34. The third-order valence-electron chi connectivity index (χ3n) is 3.07. The zero-order valence-electron chi connectivity index (χ0n) is 13.7. The highest BCUT2D eigenvalue weighted by Crippen LogP contribution is 2.34. The van der Waals surface area contributed by atoms with Crippen molar-refractivity contribution < 1.29 is 9.69 Å². The predicted octanol–water partition coefficient (Wildman–Crippen LogP) is 1.44. The molecule has 3 nitrogen and oxygen atoms in total. The standard InChI is InChI=1S/C15H32N2O/c1-14(2,3)12-15(4,5)13(18)17(8)11-9-10-16(6)7/h9-12H2,1-8H3/p+1. The minimum absolute atomic E-state index is 0.188. The monoisotopic (exact) mass is 257 g/mol. The summed E-state index contributed by atoms with van der Waals surface area (Å²) in [6.07, 6.45) is 1.98. The quantitative estimate of drug-likeness (QED) is 0.765. The molecule has 0 aliphatic rings. The lowest BCUT2D eigenvalue weighted by molar-refractivity contribution is -0.858. The van der Waals surface area contributed by atoms with Gasteiger partial charge in [0.2, 0.25) is 5.91 Å². The van der Waals surface area contributed by atoms with E-state index in [1.54, 1.807) is 0 Å². The Hall–Kier alpha value is -0.570. The van der Waals surface area contributed by atoms with Crippen molar-refractivity contribution in [1.82, 2.24) is 4.90 Å². The van der Waals surface area contributed by atoms with Gasteiger partial charge < -0.3 is 9.80 Å². The molecule has 3 heteroatoms. The molecule has 1 N–H and O–H groups in total. The van der Waals surface area contributed by atoms with Crippen molar-refractivity contribution in [2.75, 3.05) is 34.2 Å². The normalized spacial score (nSPS) is 12.9. The van der Waals surface area contributed by atoms with Crippen molar-refractivity contribution >= 4 is 5.91 Å². The molecule has 0 spiro atoms. The first-order valence-electron chi connectivity index (χ1n) is 7.00. The first kappa shape index (κ1) is 17.4. The Balaban J connectivity index is 4.35. The summed E-state index contributed by atoms with van der Waals surface area (Å²) in [6.45, 7) is 12.7. The molecule has 0 saturated heterocycles. The molecule has 0 fully saturated rings. The molecule has 0 bridgehead atoms. The summed E-state index contributed by atoms with van der Waals surface area (Å²) in [6, 6.07) is 0. The van der Waals surface area contributed by atoms with E-state index in [0.29, 0.717) is 0 Å². The summed E-state index contributed by atoms with van der Waals surface area (Å²) in [7, 11) is 6.22. The fourth-order valence-corrected chi connectivity index (χ4v) is 2.69. The Morgan fingerprint density at radius 1 is 1.11 bits per heavy atom. The molecule has 108 valence electrons. The van der Waals surface area contributed by atoms with E-state index in [9.17, 15) is 4.79 Å². The molecule has 0 heterocycles. The smallest absolute Gasteiger partial charge is 0.227 e. The van der Waals surface area contributed by atoms with Crippen molar-refractivity contribution in [1.29, 1.82) is 0 Å². The number of amides is 1. The Bertz CT molecular complexity index is 264. The number of hydrogen-bond donors (Lipinski definition) is 1. The van der Waals surface area contributed by atoms with Crippen LogP contribution in [0.15, 0.2) is 0 Å². The van der Waals surface area contributed by atoms with Crippen LogP contribution in [0.1, 0.15) is 47.5 Å². The molecule has 0 unspecified atom stereocenters. The van der Waals surface area contributed by atoms with Crippen LogP contribution in [-0.2, 0) is 4.79 Å². The van der Waals surface area contributed by atoms with Crippen molar-refractivity contribution in [3.63, 3.8) is 0 Å². The number of rotatable bonds is 6. The van der Waals surface area contributed by atoms with Crippen molar-refractivity contribution in [2.24, 2.45) is 10.8 Å². The van der Waals surface area contributed by atoms with Crippen LogP contribution in [0.5, 0.6) is 0 Å². The maximum absolute atomic E-state index is 12.4. The van der Waals surface area contributed by atoms with Gasteiger partial charge in [0.1, 0.15) is 0 Å². The molecular weight excluding hydrogens is 224 g/mol. The van der Waals surface area contributed by atoms with E-state index in [1.165, 1.54) is 4.90 Å². The molecule has 0 aromatic heterocycles. The van der Waals surface area contributed by atoms with Gasteiger partial charge in [-0.05, 0) is 11.8 Å². The average Bonchev–Trinajstić information content (AvgIpc) is 2.11. The van der Waals surface area contributed by atoms with E-state index in [4.69, 9.17) is 0 Å². The molecule has 0 rings (SSSR count). The van der Waals surface area contributed by atoms with Crippen LogP contribution in [0.25, 0.3) is 0 Å². The maximum Gasteiger partial charge on any atom is 0.227 e. The fourth-order valence-electron chi connectivity index (χ4n) is 2.69. The SMILES string of the molecule is CN(CCC[NH+](C)C)C(=O)C(C)(C)CC(C)(C)C. The highest BCUT2D eigenvalue weighted by molar-refractivity contribution is 5.81. The molecule has 0 aromatic rings. The number of quaternary nitrogens is 1. The van der Waals surface area contributed by atoms with Crippen LogP contribution in [0.2, 0.25) is 0 Å². The van der Waals surface area contributed by atoms with Crippen LogP contribution in [-0.4, -0.2) is 45.0 Å². The molecule has 0 saturated carbocycles. The number of nitrogens with one attached hydrogen (secondary N) is 1. The number of carbonyl (C=O) groups excluding carboxylic acids is 1. The van der Waals surface area contributed by atoms with E-state index >= 15 is 0 Å². The number of nitrogens with zero attached hydrogens (tertiary/aromatic N) is 1. The zero-order chi connectivity index (χ0) is 14.6. The van der Waals surface area contributed by atoms with Gasteiger partial charge in [0.05, 0.1) is 20.6 Å². The maximum atomic E-state index is 12.4. The minimum Gasteiger partial charge on any atom is -0.345 e.